The van der Waals surface area contributed by atoms with E-state index in [0.717, 1.165) is 44.7 Å². The molecule has 0 amide bonds. The van der Waals surface area contributed by atoms with Crippen molar-refractivity contribution in [2.45, 2.75) is 26.4 Å². The summed E-state index contributed by atoms with van der Waals surface area (Å²) in [5, 5.41) is 1.60. The van der Waals surface area contributed by atoms with Crippen molar-refractivity contribution < 1.29 is 18.0 Å². The quantitative estimate of drug-likeness (QED) is 0.386. The van der Waals surface area contributed by atoms with Gasteiger partial charge in [-0.3, -0.25) is 4.79 Å². The van der Waals surface area contributed by atoms with E-state index in [2.05, 4.69) is 9.97 Å². The summed E-state index contributed by atoms with van der Waals surface area (Å²) in [6.45, 7) is 3.84. The highest BCUT2D eigenvalue weighted by molar-refractivity contribution is 7.21. The van der Waals surface area contributed by atoms with E-state index in [-0.39, 0.29) is 17.8 Å². The van der Waals surface area contributed by atoms with E-state index in [0.29, 0.717) is 20.8 Å². The van der Waals surface area contributed by atoms with Crippen molar-refractivity contribution in [3.63, 3.8) is 0 Å². The molecule has 0 saturated carbocycles. The van der Waals surface area contributed by atoms with Gasteiger partial charge in [0.1, 0.15) is 4.83 Å². The fraction of sp³-hybridized carbons (Fsp3) is 0.190. The average Bonchev–Trinajstić information content (AvgIpc) is 3.19. The van der Waals surface area contributed by atoms with E-state index in [1.807, 2.05) is 26.0 Å². The van der Waals surface area contributed by atoms with E-state index >= 15 is 0 Å². The number of nitrogens with zero attached hydrogens (tertiary/aromatic N) is 2. The third-order valence-electron chi connectivity index (χ3n) is 4.60. The minimum Gasteiger partial charge on any atom is -0.397 e. The summed E-state index contributed by atoms with van der Waals surface area (Å²) in [5.41, 5.74) is 7.63. The number of rotatable bonds is 4. The number of aryl methyl sites for hydroxylation is 2. The maximum absolute atomic E-state index is 12.9. The lowest BCUT2D eigenvalue weighted by molar-refractivity contribution is -0.137. The molecule has 0 aliphatic rings. The Bertz CT molecular complexity index is 1270. The van der Waals surface area contributed by atoms with Gasteiger partial charge in [-0.1, -0.05) is 18.2 Å². The Morgan fingerprint density at radius 3 is 2.53 bits per heavy atom. The number of Topliss-reactive ketones (excluding diaryl/α,β-unsaturated/α-hetero) is 1. The predicted molar refractivity (Wildman–Crippen MR) is 114 cm³/mol. The van der Waals surface area contributed by atoms with Crippen LogP contribution in [0.25, 0.3) is 20.8 Å². The van der Waals surface area contributed by atoms with Crippen LogP contribution in [-0.2, 0) is 12.6 Å². The molecule has 0 spiro atoms. The molecule has 0 unspecified atom stereocenters. The summed E-state index contributed by atoms with van der Waals surface area (Å²) in [5.74, 6) is -0.332. The van der Waals surface area contributed by atoms with Gasteiger partial charge in [-0.15, -0.1) is 22.7 Å². The number of fused-ring (bicyclic) bond motifs is 1. The van der Waals surface area contributed by atoms with Crippen molar-refractivity contribution in [3.8, 4) is 10.6 Å². The fourth-order valence-electron chi connectivity index (χ4n) is 3.22. The molecule has 0 fully saturated rings. The minimum atomic E-state index is -4.46. The summed E-state index contributed by atoms with van der Waals surface area (Å²) in [7, 11) is 0. The summed E-state index contributed by atoms with van der Waals surface area (Å²) in [6.07, 6.45) is -4.62. The zero-order chi connectivity index (χ0) is 21.6. The van der Waals surface area contributed by atoms with Gasteiger partial charge < -0.3 is 5.73 Å². The second-order valence-corrected chi connectivity index (χ2v) is 9.04. The number of nitrogens with two attached hydrogens (primary N) is 1. The van der Waals surface area contributed by atoms with E-state index in [1.165, 1.54) is 23.5 Å². The Morgan fingerprint density at radius 1 is 1.10 bits per heavy atom. The Morgan fingerprint density at radius 2 is 1.87 bits per heavy atom. The summed E-state index contributed by atoms with van der Waals surface area (Å²) in [6, 6.07) is 8.43. The van der Waals surface area contributed by atoms with Crippen molar-refractivity contribution in [3.05, 3.63) is 63.1 Å². The van der Waals surface area contributed by atoms with Crippen LogP contribution in [0.15, 0.2) is 36.4 Å². The minimum absolute atomic E-state index is 0.166. The topological polar surface area (TPSA) is 68.9 Å². The highest BCUT2D eigenvalue weighted by Gasteiger charge is 2.30. The van der Waals surface area contributed by atoms with Crippen molar-refractivity contribution in [1.82, 2.24) is 9.97 Å². The number of benzene rings is 1. The molecule has 3 aromatic heterocycles. The first-order valence-corrected chi connectivity index (χ1v) is 10.6. The number of hydrogen-bond acceptors (Lipinski definition) is 6. The maximum Gasteiger partial charge on any atom is 0.416 e. The van der Waals surface area contributed by atoms with Gasteiger partial charge in [-0.05, 0) is 37.6 Å². The van der Waals surface area contributed by atoms with Gasteiger partial charge in [0.2, 0.25) is 0 Å². The van der Waals surface area contributed by atoms with Crippen LogP contribution in [0.5, 0.6) is 0 Å². The molecule has 4 aromatic rings. The fourth-order valence-corrected chi connectivity index (χ4v) is 5.14. The SMILES string of the molecule is Cc1nc(C)c(-c2ccc3c(N)c(C(=O)Cc4cccc(C(F)(F)F)c4)sc3n2)s1. The number of alkyl halides is 3. The number of halogens is 3. The van der Waals surface area contributed by atoms with E-state index < -0.39 is 11.7 Å². The van der Waals surface area contributed by atoms with Gasteiger partial charge in [0.15, 0.2) is 5.78 Å². The molecule has 0 saturated heterocycles. The average molecular weight is 448 g/mol. The zero-order valence-corrected chi connectivity index (χ0v) is 17.6. The second kappa shape index (κ2) is 7.48. The predicted octanol–water partition coefficient (Wildman–Crippen LogP) is 6.06. The molecule has 30 heavy (non-hydrogen) atoms. The standard InChI is InChI=1S/C21H16F3N3OS2/c1-10-18(29-11(2)26-10)15-7-6-14-17(25)19(30-20(14)27-15)16(28)9-12-4-3-5-13(8-12)21(22,23)24/h3-8H,9,25H2,1-2H3. The number of aromatic nitrogens is 2. The van der Waals surface area contributed by atoms with Crippen LogP contribution in [-0.4, -0.2) is 15.8 Å². The molecule has 1 aromatic carbocycles. The summed E-state index contributed by atoms with van der Waals surface area (Å²) in [4.78, 5) is 23.7. The van der Waals surface area contributed by atoms with Gasteiger partial charge in [0, 0.05) is 11.8 Å². The van der Waals surface area contributed by atoms with Crippen molar-refractivity contribution in [2.75, 3.05) is 5.73 Å². The summed E-state index contributed by atoms with van der Waals surface area (Å²) >= 11 is 2.70. The molecule has 0 bridgehead atoms. The number of pyridine rings is 1. The molecular formula is C21H16F3N3OS2. The highest BCUT2D eigenvalue weighted by atomic mass is 32.1. The highest BCUT2D eigenvalue weighted by Crippen LogP contribution is 2.37. The van der Waals surface area contributed by atoms with E-state index in [9.17, 15) is 18.0 Å². The zero-order valence-electron chi connectivity index (χ0n) is 16.0. The normalized spacial score (nSPS) is 11.9. The Balaban J connectivity index is 1.67. The molecular weight excluding hydrogens is 431 g/mol. The smallest absolute Gasteiger partial charge is 0.397 e. The number of anilines is 1. The van der Waals surface area contributed by atoms with Gasteiger partial charge in [-0.25, -0.2) is 9.97 Å². The molecule has 0 radical (unpaired) electrons. The first kappa shape index (κ1) is 20.5. The van der Waals surface area contributed by atoms with Gasteiger partial charge in [-0.2, -0.15) is 13.2 Å². The molecule has 4 rings (SSSR count). The van der Waals surface area contributed by atoms with E-state index in [4.69, 9.17) is 5.73 Å². The molecule has 9 heteroatoms. The Kier molecular flexibility index (Phi) is 5.11. The van der Waals surface area contributed by atoms with Crippen LogP contribution in [0.3, 0.4) is 0 Å². The summed E-state index contributed by atoms with van der Waals surface area (Å²) < 4.78 is 38.8. The van der Waals surface area contributed by atoms with Crippen molar-refractivity contribution in [1.29, 1.82) is 0 Å². The van der Waals surface area contributed by atoms with Gasteiger partial charge >= 0.3 is 6.18 Å². The van der Waals surface area contributed by atoms with E-state index in [1.54, 1.807) is 0 Å². The Labute approximate surface area is 178 Å². The molecule has 4 nitrogen and oxygen atoms in total. The maximum atomic E-state index is 12.9. The lowest BCUT2D eigenvalue weighted by Gasteiger charge is -2.08. The number of carbonyl (C=O) groups is 1. The number of ketones is 1. The third kappa shape index (κ3) is 3.82. The second-order valence-electron chi connectivity index (χ2n) is 6.84. The number of carbonyl (C=O) groups excluding carboxylic acids is 1. The number of nitrogen functional groups attached to an aromatic ring is 1. The number of hydrogen-bond donors (Lipinski definition) is 1. The van der Waals surface area contributed by atoms with Crippen LogP contribution < -0.4 is 5.73 Å². The monoisotopic (exact) mass is 447 g/mol. The van der Waals surface area contributed by atoms with Crippen molar-refractivity contribution in [2.24, 2.45) is 0 Å². The van der Waals surface area contributed by atoms with Crippen LogP contribution in [0.2, 0.25) is 0 Å². The van der Waals surface area contributed by atoms with Crippen LogP contribution >= 0.6 is 22.7 Å². The molecule has 0 atom stereocenters. The lowest BCUT2D eigenvalue weighted by Crippen LogP contribution is -2.08. The molecule has 0 aliphatic carbocycles. The van der Waals surface area contributed by atoms with Crippen LogP contribution in [0.1, 0.15) is 31.5 Å². The number of thiazole rings is 1. The molecule has 2 N–H and O–H groups in total. The molecule has 154 valence electrons. The van der Waals surface area contributed by atoms with Crippen LogP contribution in [0.4, 0.5) is 18.9 Å². The first-order chi connectivity index (χ1) is 14.1. The number of thiophene rings is 1. The third-order valence-corrected chi connectivity index (χ3v) is 6.85. The lowest BCUT2D eigenvalue weighted by atomic mass is 10.0. The Hall–Kier alpha value is -2.78. The van der Waals surface area contributed by atoms with Crippen LogP contribution in [0, 0.1) is 13.8 Å². The van der Waals surface area contributed by atoms with Gasteiger partial charge in [0.25, 0.3) is 0 Å². The first-order valence-electron chi connectivity index (χ1n) is 8.96. The largest absolute Gasteiger partial charge is 0.416 e. The van der Waals surface area contributed by atoms with Crippen molar-refractivity contribution >= 4 is 44.4 Å². The molecule has 3 heterocycles. The molecule has 0 aliphatic heterocycles. The van der Waals surface area contributed by atoms with Gasteiger partial charge in [0.05, 0.1) is 37.4 Å².